The van der Waals surface area contributed by atoms with Gasteiger partial charge in [-0.1, -0.05) is 176 Å². The van der Waals surface area contributed by atoms with Gasteiger partial charge in [0, 0.05) is 22.7 Å². The summed E-state index contributed by atoms with van der Waals surface area (Å²) in [7, 11) is 0. The minimum absolute atomic E-state index is 0.0233. The molecule has 0 amide bonds. The van der Waals surface area contributed by atoms with Gasteiger partial charge < -0.3 is 14.9 Å². The Labute approximate surface area is 346 Å². The van der Waals surface area contributed by atoms with Gasteiger partial charge in [0.05, 0.1) is 12.2 Å². The van der Waals surface area contributed by atoms with Crippen molar-refractivity contribution in [3.63, 3.8) is 0 Å². The zero-order valence-electron chi connectivity index (χ0n) is 38.3. The van der Waals surface area contributed by atoms with E-state index in [-0.39, 0.29) is 45.1 Å². The Bertz CT molecular complexity index is 1260. The van der Waals surface area contributed by atoms with Crippen molar-refractivity contribution < 1.29 is 19.7 Å². The fourth-order valence-corrected chi connectivity index (χ4v) is 15.3. The quantitative estimate of drug-likeness (QED) is 0.0652. The fraction of sp³-hybridized carbons (Fsp3) is 0.942. The van der Waals surface area contributed by atoms with Crippen LogP contribution in [0, 0.1) is 56.7 Å². The van der Waals surface area contributed by atoms with E-state index in [0.717, 1.165) is 51.4 Å². The van der Waals surface area contributed by atoms with Gasteiger partial charge in [0.1, 0.15) is 6.10 Å². The van der Waals surface area contributed by atoms with Crippen LogP contribution < -0.4 is 0 Å². The first-order valence-electron chi connectivity index (χ1n) is 24.8. The molecule has 0 saturated heterocycles. The van der Waals surface area contributed by atoms with Crippen molar-refractivity contribution in [1.82, 2.24) is 0 Å². The summed E-state index contributed by atoms with van der Waals surface area (Å²) in [5.41, 5.74) is 0.576. The van der Waals surface area contributed by atoms with Crippen molar-refractivity contribution in [2.45, 2.75) is 253 Å². The first-order chi connectivity index (χ1) is 26.6. The van der Waals surface area contributed by atoms with E-state index in [1.165, 1.54) is 128 Å². The third kappa shape index (κ3) is 9.22. The maximum absolute atomic E-state index is 13.3. The number of carbonyl (C=O) groups excluding carboxylic acids is 1. The van der Waals surface area contributed by atoms with Crippen molar-refractivity contribution in [3.8, 4) is 0 Å². The Morgan fingerprint density at radius 1 is 0.643 bits per heavy atom. The van der Waals surface area contributed by atoms with E-state index < -0.39 is 12.2 Å². The lowest BCUT2D eigenvalue weighted by Crippen LogP contribution is -2.73. The van der Waals surface area contributed by atoms with E-state index >= 15 is 0 Å². The maximum Gasteiger partial charge on any atom is 0.306 e. The lowest BCUT2D eigenvalue weighted by molar-refractivity contribution is -0.306. The summed E-state index contributed by atoms with van der Waals surface area (Å²) >= 11 is 0. The van der Waals surface area contributed by atoms with E-state index in [9.17, 15) is 15.0 Å². The summed E-state index contributed by atoms with van der Waals surface area (Å²) in [6.07, 6.45) is 33.3. The summed E-state index contributed by atoms with van der Waals surface area (Å²) in [5.74, 6) is 2.02. The van der Waals surface area contributed by atoms with Crippen LogP contribution in [0.25, 0.3) is 0 Å². The molecule has 0 bridgehead atoms. The molecule has 5 aliphatic carbocycles. The summed E-state index contributed by atoms with van der Waals surface area (Å²) < 4.78 is 6.38. The van der Waals surface area contributed by atoms with Crippen LogP contribution in [-0.2, 0) is 9.53 Å². The first kappa shape index (κ1) is 46.2. The van der Waals surface area contributed by atoms with Crippen LogP contribution >= 0.6 is 0 Å². The molecule has 4 heteroatoms. The maximum atomic E-state index is 13.3. The zero-order chi connectivity index (χ0) is 40.8. The van der Waals surface area contributed by atoms with Crippen molar-refractivity contribution in [3.05, 3.63) is 12.2 Å². The SMILES string of the molecule is C=C(C)C1CCC2(C)CC(O)C3(C)C(CCC4C5(C)CCC(OC(=O)CCCCCCCCCCCCCCCCCCCCC)C(C)(C)C5CC(O)C43C)C12. The number of aliphatic hydroxyl groups is 2. The second-order valence-corrected chi connectivity index (χ2v) is 22.5. The van der Waals surface area contributed by atoms with Crippen LogP contribution in [0.4, 0.5) is 0 Å². The Balaban J connectivity index is 1.02. The van der Waals surface area contributed by atoms with Gasteiger partial charge in [0.25, 0.3) is 0 Å². The monoisotopic (exact) mass is 781 g/mol. The lowest BCUT2D eigenvalue weighted by atomic mass is 9.31. The van der Waals surface area contributed by atoms with Crippen LogP contribution in [0.3, 0.4) is 0 Å². The second kappa shape index (κ2) is 19.7. The zero-order valence-corrected chi connectivity index (χ0v) is 38.3. The fourth-order valence-electron chi connectivity index (χ4n) is 15.3. The third-order valence-corrected chi connectivity index (χ3v) is 18.8. The molecule has 12 atom stereocenters. The molecule has 0 spiro atoms. The first-order valence-corrected chi connectivity index (χ1v) is 24.8. The molecule has 5 fully saturated rings. The number of unbranched alkanes of at least 4 members (excludes halogenated alkanes) is 18. The largest absolute Gasteiger partial charge is 0.462 e. The van der Waals surface area contributed by atoms with Crippen LogP contribution in [0.2, 0.25) is 0 Å². The molecule has 56 heavy (non-hydrogen) atoms. The number of hydrogen-bond donors (Lipinski definition) is 2. The average Bonchev–Trinajstić information content (AvgIpc) is 3.49. The standard InChI is InChI=1S/C52H92O4/c1-10-11-12-13-14-15-16-17-18-19-20-21-22-23-24-25-26-27-28-29-46(55)56-45-33-35-50(7)41-31-30-40-47-39(38(2)3)32-34-49(47,6)37-44(54)51(40,8)52(41,9)43(53)36-42(50)48(45,4)5/h39-45,47,53-54H,2,10-37H2,1,3-9H3. The van der Waals surface area contributed by atoms with E-state index in [0.29, 0.717) is 30.1 Å². The normalized spacial score (nSPS) is 40.0. The molecule has 0 aromatic carbocycles. The Hall–Kier alpha value is -0.870. The van der Waals surface area contributed by atoms with Gasteiger partial charge >= 0.3 is 5.97 Å². The van der Waals surface area contributed by atoms with Crippen LogP contribution in [0.1, 0.15) is 235 Å². The molecule has 0 radical (unpaired) electrons. The average molecular weight is 781 g/mol. The number of rotatable bonds is 22. The molecule has 12 unspecified atom stereocenters. The molecule has 2 N–H and O–H groups in total. The number of hydrogen-bond acceptors (Lipinski definition) is 4. The molecule has 5 rings (SSSR count). The number of ether oxygens (including phenoxy) is 1. The van der Waals surface area contributed by atoms with Gasteiger partial charge in [-0.2, -0.15) is 0 Å². The van der Waals surface area contributed by atoms with Crippen molar-refractivity contribution in [2.24, 2.45) is 56.7 Å². The molecular weight excluding hydrogens is 689 g/mol. The summed E-state index contributed by atoms with van der Waals surface area (Å²) in [6, 6.07) is 0. The van der Waals surface area contributed by atoms with Gasteiger partial charge in [-0.25, -0.2) is 0 Å². The highest BCUT2D eigenvalue weighted by atomic mass is 16.5. The Kier molecular flexibility index (Phi) is 16.2. The highest BCUT2D eigenvalue weighted by Gasteiger charge is 2.75. The number of esters is 1. The van der Waals surface area contributed by atoms with Crippen molar-refractivity contribution in [2.75, 3.05) is 0 Å². The van der Waals surface area contributed by atoms with Gasteiger partial charge in [-0.15, -0.1) is 0 Å². The molecule has 4 nitrogen and oxygen atoms in total. The predicted octanol–water partition coefficient (Wildman–Crippen LogP) is 14.3. The van der Waals surface area contributed by atoms with Gasteiger partial charge in [0.15, 0.2) is 0 Å². The van der Waals surface area contributed by atoms with Gasteiger partial charge in [-0.05, 0) is 105 Å². The van der Waals surface area contributed by atoms with Crippen molar-refractivity contribution in [1.29, 1.82) is 0 Å². The van der Waals surface area contributed by atoms with E-state index in [1.54, 1.807) is 0 Å². The molecule has 0 heterocycles. The highest BCUT2D eigenvalue weighted by Crippen LogP contribution is 2.77. The smallest absolute Gasteiger partial charge is 0.306 e. The molecule has 324 valence electrons. The molecule has 0 aromatic rings. The molecule has 0 aliphatic heterocycles. The van der Waals surface area contributed by atoms with Crippen LogP contribution in [-0.4, -0.2) is 34.5 Å². The summed E-state index contributed by atoms with van der Waals surface area (Å²) in [5, 5.41) is 24.8. The van der Waals surface area contributed by atoms with E-state index in [1.807, 2.05) is 0 Å². The van der Waals surface area contributed by atoms with Gasteiger partial charge in [0.2, 0.25) is 0 Å². The minimum Gasteiger partial charge on any atom is -0.462 e. The van der Waals surface area contributed by atoms with E-state index in [4.69, 9.17) is 4.74 Å². The molecule has 5 saturated carbocycles. The predicted molar refractivity (Wildman–Crippen MR) is 235 cm³/mol. The molecule has 5 aliphatic rings. The summed E-state index contributed by atoms with van der Waals surface area (Å²) in [6.45, 7) is 23.4. The van der Waals surface area contributed by atoms with Crippen LogP contribution in [0.5, 0.6) is 0 Å². The van der Waals surface area contributed by atoms with Gasteiger partial charge in [-0.3, -0.25) is 4.79 Å². The number of aliphatic hydroxyl groups excluding tert-OH is 2. The Morgan fingerprint density at radius 3 is 1.68 bits per heavy atom. The number of fused-ring (bicyclic) bond motifs is 7. The third-order valence-electron chi connectivity index (χ3n) is 18.8. The molecular formula is C52H92O4. The minimum atomic E-state index is -0.486. The highest BCUT2D eigenvalue weighted by molar-refractivity contribution is 5.69. The van der Waals surface area contributed by atoms with Crippen LogP contribution in [0.15, 0.2) is 12.2 Å². The number of allylic oxidation sites excluding steroid dienone is 1. The number of carbonyl (C=O) groups is 1. The lowest BCUT2D eigenvalue weighted by Gasteiger charge is -2.74. The van der Waals surface area contributed by atoms with E-state index in [2.05, 4.69) is 62.0 Å². The molecule has 0 aromatic heterocycles. The topological polar surface area (TPSA) is 66.8 Å². The van der Waals surface area contributed by atoms with Crippen molar-refractivity contribution >= 4 is 5.97 Å². The Morgan fingerprint density at radius 2 is 1.16 bits per heavy atom. The summed E-state index contributed by atoms with van der Waals surface area (Å²) in [4.78, 5) is 13.3. The second-order valence-electron chi connectivity index (χ2n) is 22.5.